The smallest absolute Gasteiger partial charge is 0.410 e. The molecule has 1 saturated heterocycles. The molecule has 4 rings (SSSR count). The minimum absolute atomic E-state index is 0.0292. The monoisotopic (exact) mass is 526 g/mol. The molecule has 4 bridgehead atoms. The van der Waals surface area contributed by atoms with Crippen molar-refractivity contribution in [2.75, 3.05) is 26.9 Å². The van der Waals surface area contributed by atoms with Crippen molar-refractivity contribution in [3.05, 3.63) is 41.0 Å². The Morgan fingerprint density at radius 2 is 1.89 bits per heavy atom. The first-order valence-electron chi connectivity index (χ1n) is 13.2. The van der Waals surface area contributed by atoms with Crippen LogP contribution >= 0.6 is 0 Å². The molecular formula is C29H38N2O7. The van der Waals surface area contributed by atoms with Crippen LogP contribution in [0, 0.1) is 17.3 Å². The summed E-state index contributed by atoms with van der Waals surface area (Å²) in [5.74, 6) is -2.00. The zero-order chi connectivity index (χ0) is 27.6. The van der Waals surface area contributed by atoms with Crippen LogP contribution in [0.25, 0.3) is 6.08 Å². The number of ketones is 1. The third-order valence-corrected chi connectivity index (χ3v) is 7.74. The van der Waals surface area contributed by atoms with Crippen molar-refractivity contribution in [1.82, 2.24) is 9.80 Å². The van der Waals surface area contributed by atoms with E-state index in [1.54, 1.807) is 11.8 Å². The van der Waals surface area contributed by atoms with Crippen LogP contribution in [-0.2, 0) is 41.7 Å². The molecular weight excluding hydrogens is 488 g/mol. The SMILES string of the molecule is COC(=O)[C@@H]1C[C@@H]2CN1C(=O)[C@H](C(C)(C)C)CC(=O)[C@@H](C)COC/C=C/c1cccc3c1CN(C3)C(=O)O2. The van der Waals surface area contributed by atoms with Crippen LogP contribution in [0.15, 0.2) is 24.3 Å². The van der Waals surface area contributed by atoms with Crippen molar-refractivity contribution in [2.24, 2.45) is 17.3 Å². The Hall–Kier alpha value is -3.20. The number of hydrogen-bond acceptors (Lipinski definition) is 7. The van der Waals surface area contributed by atoms with Gasteiger partial charge >= 0.3 is 12.1 Å². The second-order valence-corrected chi connectivity index (χ2v) is 11.5. The molecule has 9 nitrogen and oxygen atoms in total. The van der Waals surface area contributed by atoms with Gasteiger partial charge in [0.15, 0.2) is 0 Å². The van der Waals surface area contributed by atoms with E-state index < -0.39 is 35.5 Å². The Labute approximate surface area is 224 Å². The van der Waals surface area contributed by atoms with Gasteiger partial charge in [0.2, 0.25) is 5.91 Å². The van der Waals surface area contributed by atoms with Crippen molar-refractivity contribution in [2.45, 2.75) is 65.8 Å². The number of carbonyl (C=O) groups excluding carboxylic acids is 4. The number of ether oxygens (including phenoxy) is 3. The number of carbonyl (C=O) groups is 4. The summed E-state index contributed by atoms with van der Waals surface area (Å²) in [6.45, 7) is 9.01. The number of benzene rings is 1. The lowest BCUT2D eigenvalue weighted by atomic mass is 9.75. The molecule has 0 aromatic heterocycles. The van der Waals surface area contributed by atoms with Crippen molar-refractivity contribution in [3.8, 4) is 0 Å². The lowest BCUT2D eigenvalue weighted by molar-refractivity contribution is -0.154. The number of nitrogens with zero attached hydrogens (tertiary/aromatic N) is 2. The molecule has 3 aliphatic heterocycles. The van der Waals surface area contributed by atoms with Crippen LogP contribution < -0.4 is 0 Å². The topological polar surface area (TPSA) is 102 Å². The molecule has 38 heavy (non-hydrogen) atoms. The minimum Gasteiger partial charge on any atom is -0.467 e. The lowest BCUT2D eigenvalue weighted by Crippen LogP contribution is -2.48. The first kappa shape index (κ1) is 27.8. The Balaban J connectivity index is 1.65. The van der Waals surface area contributed by atoms with E-state index in [1.807, 2.05) is 51.1 Å². The van der Waals surface area contributed by atoms with Gasteiger partial charge in [0.05, 0.1) is 33.4 Å². The highest BCUT2D eigenvalue weighted by Crippen LogP contribution is 2.35. The number of fused-ring (bicyclic) bond motifs is 3. The predicted octanol–water partition coefficient (Wildman–Crippen LogP) is 3.58. The molecule has 0 unspecified atom stereocenters. The molecule has 4 atom stereocenters. The van der Waals surface area contributed by atoms with Crippen LogP contribution in [0.3, 0.4) is 0 Å². The maximum absolute atomic E-state index is 13.9. The summed E-state index contributed by atoms with van der Waals surface area (Å²) in [6.07, 6.45) is 2.90. The molecule has 1 fully saturated rings. The zero-order valence-corrected chi connectivity index (χ0v) is 22.9. The van der Waals surface area contributed by atoms with Gasteiger partial charge < -0.3 is 19.1 Å². The summed E-state index contributed by atoms with van der Waals surface area (Å²) in [4.78, 5) is 55.9. The van der Waals surface area contributed by atoms with Gasteiger partial charge in [-0.2, -0.15) is 0 Å². The average Bonchev–Trinajstić information content (AvgIpc) is 3.49. The molecule has 2 amide bonds. The molecule has 3 aliphatic rings. The second-order valence-electron chi connectivity index (χ2n) is 11.5. The molecule has 0 aliphatic carbocycles. The number of rotatable bonds is 1. The third kappa shape index (κ3) is 5.93. The van der Waals surface area contributed by atoms with E-state index in [9.17, 15) is 19.2 Å². The molecule has 9 heteroatoms. The Bertz CT molecular complexity index is 1120. The van der Waals surface area contributed by atoms with Gasteiger partial charge in [-0.25, -0.2) is 9.59 Å². The lowest BCUT2D eigenvalue weighted by Gasteiger charge is -2.34. The van der Waals surface area contributed by atoms with Gasteiger partial charge in [-0.15, -0.1) is 0 Å². The molecule has 0 spiro atoms. The number of Topliss-reactive ketones (excluding diaryl/α,β-unsaturated/α-hetero) is 1. The fourth-order valence-electron chi connectivity index (χ4n) is 5.38. The van der Waals surface area contributed by atoms with Gasteiger partial charge in [-0.1, -0.05) is 58.0 Å². The Morgan fingerprint density at radius 3 is 2.61 bits per heavy atom. The van der Waals surface area contributed by atoms with E-state index in [1.165, 1.54) is 12.0 Å². The van der Waals surface area contributed by atoms with Gasteiger partial charge in [0, 0.05) is 31.2 Å². The summed E-state index contributed by atoms with van der Waals surface area (Å²) in [5.41, 5.74) is 2.55. The Morgan fingerprint density at radius 1 is 1.13 bits per heavy atom. The van der Waals surface area contributed by atoms with Crippen molar-refractivity contribution >= 4 is 29.8 Å². The summed E-state index contributed by atoms with van der Waals surface area (Å²) in [6, 6.07) is 5.05. The van der Waals surface area contributed by atoms with E-state index in [0.29, 0.717) is 19.7 Å². The zero-order valence-electron chi connectivity index (χ0n) is 22.9. The quantitative estimate of drug-likeness (QED) is 0.516. The fraction of sp³-hybridized carbons (Fsp3) is 0.586. The molecule has 0 radical (unpaired) electrons. The summed E-state index contributed by atoms with van der Waals surface area (Å²) >= 11 is 0. The second kappa shape index (κ2) is 11.3. The Kier molecular flexibility index (Phi) is 8.25. The van der Waals surface area contributed by atoms with Crippen molar-refractivity contribution < 1.29 is 33.4 Å². The highest BCUT2D eigenvalue weighted by Gasteiger charge is 2.47. The van der Waals surface area contributed by atoms with Crippen molar-refractivity contribution in [1.29, 1.82) is 0 Å². The summed E-state index contributed by atoms with van der Waals surface area (Å²) < 4.78 is 16.6. The maximum Gasteiger partial charge on any atom is 0.410 e. The highest BCUT2D eigenvalue weighted by molar-refractivity contribution is 5.91. The maximum atomic E-state index is 13.9. The van der Waals surface area contributed by atoms with Gasteiger partial charge in [-0.3, -0.25) is 14.5 Å². The van der Waals surface area contributed by atoms with Gasteiger partial charge in [0.1, 0.15) is 17.9 Å². The highest BCUT2D eigenvalue weighted by atomic mass is 16.6. The van der Waals surface area contributed by atoms with Gasteiger partial charge in [0.25, 0.3) is 0 Å². The minimum atomic E-state index is -0.885. The molecule has 0 N–H and O–H groups in total. The van der Waals surface area contributed by atoms with Crippen LogP contribution in [0.4, 0.5) is 4.79 Å². The largest absolute Gasteiger partial charge is 0.467 e. The first-order chi connectivity index (χ1) is 18.0. The number of amides is 2. The predicted molar refractivity (Wildman–Crippen MR) is 140 cm³/mol. The van der Waals surface area contributed by atoms with E-state index in [-0.39, 0.29) is 43.6 Å². The van der Waals surface area contributed by atoms with Crippen molar-refractivity contribution in [3.63, 3.8) is 0 Å². The van der Waals surface area contributed by atoms with Crippen LogP contribution in [0.2, 0.25) is 0 Å². The number of hydrogen-bond donors (Lipinski definition) is 0. The van der Waals surface area contributed by atoms with Crippen LogP contribution in [0.1, 0.15) is 57.2 Å². The van der Waals surface area contributed by atoms with E-state index in [4.69, 9.17) is 14.2 Å². The molecule has 1 aromatic rings. The summed E-state index contributed by atoms with van der Waals surface area (Å²) in [7, 11) is 1.27. The van der Waals surface area contributed by atoms with Crippen LogP contribution in [-0.4, -0.2) is 72.6 Å². The third-order valence-electron chi connectivity index (χ3n) is 7.74. The first-order valence-corrected chi connectivity index (χ1v) is 13.2. The summed E-state index contributed by atoms with van der Waals surface area (Å²) in [5, 5.41) is 0. The van der Waals surface area contributed by atoms with E-state index >= 15 is 0 Å². The number of methoxy groups -OCH3 is 1. The molecule has 206 valence electrons. The standard InChI is InChI=1S/C29H38N2O7/c1-18-17-37-11-7-10-19-8-6-9-20-14-30(16-22(19)20)28(35)38-21-12-24(27(34)36-5)31(15-21)26(33)23(13-25(18)32)29(2,3)4/h6-10,18,21,23-24H,11-17H2,1-5H3/b10-7+/t18-,21+,23+,24-/m0/s1. The average molecular weight is 527 g/mol. The molecule has 1 aromatic carbocycles. The molecule has 0 saturated carbocycles. The van der Waals surface area contributed by atoms with Gasteiger partial charge in [-0.05, 0) is 22.1 Å². The van der Waals surface area contributed by atoms with E-state index in [0.717, 1.165) is 16.7 Å². The molecule has 3 heterocycles. The van der Waals surface area contributed by atoms with E-state index in [2.05, 4.69) is 0 Å². The number of esters is 1. The fourth-order valence-corrected chi connectivity index (χ4v) is 5.38. The normalized spacial score (nSPS) is 27.9. The van der Waals surface area contributed by atoms with Crippen LogP contribution in [0.5, 0.6) is 0 Å².